The molecule has 7 nitrogen and oxygen atoms in total. The SMILES string of the molecule is C[C@H](NC(=O)COc1ccccc1)C(=O)O[C@H](C(=O)NC1CC1)c1ccccc1. The number of amides is 2. The standard InChI is InChI=1S/C22H24N2O5/c1-15(23-19(25)14-28-18-10-6-3-7-11-18)22(27)29-20(16-8-4-2-5-9-16)21(26)24-17-12-13-17/h2-11,15,17,20H,12-14H2,1H3,(H,23,25)(H,24,26)/t15-,20-/m0/s1. The van der Waals surface area contributed by atoms with Gasteiger partial charge in [-0.2, -0.15) is 0 Å². The molecule has 0 saturated heterocycles. The topological polar surface area (TPSA) is 93.7 Å². The van der Waals surface area contributed by atoms with Gasteiger partial charge in [-0.15, -0.1) is 0 Å². The molecule has 2 N–H and O–H groups in total. The monoisotopic (exact) mass is 396 g/mol. The first-order chi connectivity index (χ1) is 14.0. The van der Waals surface area contributed by atoms with E-state index in [2.05, 4.69) is 10.6 Å². The van der Waals surface area contributed by atoms with Gasteiger partial charge in [0.1, 0.15) is 11.8 Å². The lowest BCUT2D eigenvalue weighted by Crippen LogP contribution is -2.43. The van der Waals surface area contributed by atoms with Crippen molar-refractivity contribution in [2.24, 2.45) is 0 Å². The molecule has 0 spiro atoms. The third-order valence-corrected chi connectivity index (χ3v) is 4.34. The van der Waals surface area contributed by atoms with Crippen molar-refractivity contribution in [1.29, 1.82) is 0 Å². The molecule has 7 heteroatoms. The third kappa shape index (κ3) is 6.34. The summed E-state index contributed by atoms with van der Waals surface area (Å²) in [5.74, 6) is -0.966. The Morgan fingerprint density at radius 2 is 1.62 bits per heavy atom. The molecule has 2 aromatic rings. The smallest absolute Gasteiger partial charge is 0.329 e. The van der Waals surface area contributed by atoms with Crippen LogP contribution < -0.4 is 15.4 Å². The summed E-state index contributed by atoms with van der Waals surface area (Å²) in [5, 5.41) is 5.38. The van der Waals surface area contributed by atoms with Crippen LogP contribution in [0.15, 0.2) is 60.7 Å². The van der Waals surface area contributed by atoms with Crippen LogP contribution in [0.3, 0.4) is 0 Å². The lowest BCUT2D eigenvalue weighted by molar-refractivity contribution is -0.159. The average Bonchev–Trinajstić information content (AvgIpc) is 3.55. The summed E-state index contributed by atoms with van der Waals surface area (Å²) in [4.78, 5) is 37.1. The fourth-order valence-corrected chi connectivity index (χ4v) is 2.63. The van der Waals surface area contributed by atoms with E-state index < -0.39 is 24.0 Å². The number of rotatable bonds is 9. The van der Waals surface area contributed by atoms with Gasteiger partial charge in [-0.05, 0) is 31.9 Å². The number of para-hydroxylation sites is 1. The van der Waals surface area contributed by atoms with Gasteiger partial charge in [0, 0.05) is 11.6 Å². The molecule has 1 fully saturated rings. The molecule has 0 aromatic heterocycles. The molecule has 1 saturated carbocycles. The van der Waals surface area contributed by atoms with Crippen LogP contribution in [0.25, 0.3) is 0 Å². The summed E-state index contributed by atoms with van der Waals surface area (Å²) in [5.41, 5.74) is 0.574. The van der Waals surface area contributed by atoms with Gasteiger partial charge in [-0.3, -0.25) is 9.59 Å². The van der Waals surface area contributed by atoms with Crippen molar-refractivity contribution in [3.63, 3.8) is 0 Å². The van der Waals surface area contributed by atoms with Gasteiger partial charge >= 0.3 is 5.97 Å². The molecule has 0 heterocycles. The van der Waals surface area contributed by atoms with Crippen LogP contribution in [-0.2, 0) is 19.1 Å². The molecule has 29 heavy (non-hydrogen) atoms. The Hall–Kier alpha value is -3.35. The predicted molar refractivity (Wildman–Crippen MR) is 106 cm³/mol. The maximum atomic E-state index is 12.5. The molecule has 3 rings (SSSR count). The van der Waals surface area contributed by atoms with Crippen molar-refractivity contribution in [3.05, 3.63) is 66.2 Å². The fraction of sp³-hybridized carbons (Fsp3) is 0.318. The Kier molecular flexibility index (Phi) is 6.84. The predicted octanol–water partition coefficient (Wildman–Crippen LogP) is 2.13. The number of benzene rings is 2. The second kappa shape index (κ2) is 9.73. The van der Waals surface area contributed by atoms with Crippen molar-refractivity contribution in [2.45, 2.75) is 38.0 Å². The quantitative estimate of drug-likeness (QED) is 0.634. The van der Waals surface area contributed by atoms with Crippen molar-refractivity contribution in [3.8, 4) is 5.75 Å². The molecule has 0 aliphatic heterocycles. The van der Waals surface area contributed by atoms with Crippen LogP contribution in [0.4, 0.5) is 0 Å². The van der Waals surface area contributed by atoms with E-state index >= 15 is 0 Å². The van der Waals surface area contributed by atoms with E-state index in [4.69, 9.17) is 9.47 Å². The molecule has 0 radical (unpaired) electrons. The Morgan fingerprint density at radius 1 is 1.00 bits per heavy atom. The molecule has 0 bridgehead atoms. The highest BCUT2D eigenvalue weighted by Crippen LogP contribution is 2.23. The number of ether oxygens (including phenoxy) is 2. The number of hydrogen-bond donors (Lipinski definition) is 2. The van der Waals surface area contributed by atoms with E-state index in [9.17, 15) is 14.4 Å². The second-order valence-corrected chi connectivity index (χ2v) is 6.90. The minimum absolute atomic E-state index is 0.139. The fourth-order valence-electron chi connectivity index (χ4n) is 2.63. The summed E-state index contributed by atoms with van der Waals surface area (Å²) in [6, 6.07) is 16.9. The van der Waals surface area contributed by atoms with E-state index in [-0.39, 0.29) is 18.6 Å². The van der Waals surface area contributed by atoms with Gasteiger partial charge in [0.2, 0.25) is 6.10 Å². The first-order valence-electron chi connectivity index (χ1n) is 9.56. The molecular weight excluding hydrogens is 372 g/mol. The van der Waals surface area contributed by atoms with Crippen LogP contribution in [0.1, 0.15) is 31.4 Å². The number of hydrogen-bond acceptors (Lipinski definition) is 5. The van der Waals surface area contributed by atoms with Crippen molar-refractivity contribution >= 4 is 17.8 Å². The van der Waals surface area contributed by atoms with Gasteiger partial charge in [-0.25, -0.2) is 4.79 Å². The molecule has 1 aliphatic carbocycles. The van der Waals surface area contributed by atoms with Gasteiger partial charge in [0.15, 0.2) is 6.61 Å². The first kappa shape index (κ1) is 20.4. The minimum atomic E-state index is -1.07. The minimum Gasteiger partial charge on any atom is -0.484 e. The molecule has 2 atom stereocenters. The molecule has 2 aromatic carbocycles. The van der Waals surface area contributed by atoms with Crippen LogP contribution in [-0.4, -0.2) is 36.5 Å². The van der Waals surface area contributed by atoms with Crippen molar-refractivity contribution in [2.75, 3.05) is 6.61 Å². The van der Waals surface area contributed by atoms with Crippen LogP contribution >= 0.6 is 0 Å². The molecular formula is C22H24N2O5. The van der Waals surface area contributed by atoms with Crippen LogP contribution in [0.2, 0.25) is 0 Å². The van der Waals surface area contributed by atoms with E-state index in [1.807, 2.05) is 12.1 Å². The molecule has 1 aliphatic rings. The highest BCUT2D eigenvalue weighted by Gasteiger charge is 2.32. The summed E-state index contributed by atoms with van der Waals surface area (Å²) >= 11 is 0. The van der Waals surface area contributed by atoms with E-state index in [1.54, 1.807) is 48.5 Å². The molecule has 0 unspecified atom stereocenters. The largest absolute Gasteiger partial charge is 0.484 e. The van der Waals surface area contributed by atoms with Crippen LogP contribution in [0, 0.1) is 0 Å². The zero-order valence-electron chi connectivity index (χ0n) is 16.2. The van der Waals surface area contributed by atoms with Gasteiger partial charge in [0.25, 0.3) is 11.8 Å². The third-order valence-electron chi connectivity index (χ3n) is 4.34. The molecule has 2 amide bonds. The lowest BCUT2D eigenvalue weighted by atomic mass is 10.1. The summed E-state index contributed by atoms with van der Waals surface area (Å²) in [6.07, 6.45) is 0.786. The Balaban J connectivity index is 1.55. The summed E-state index contributed by atoms with van der Waals surface area (Å²) < 4.78 is 10.8. The highest BCUT2D eigenvalue weighted by molar-refractivity contribution is 5.88. The number of nitrogens with one attached hydrogen (secondary N) is 2. The van der Waals surface area contributed by atoms with Crippen molar-refractivity contribution < 1.29 is 23.9 Å². The van der Waals surface area contributed by atoms with E-state index in [0.29, 0.717) is 11.3 Å². The Morgan fingerprint density at radius 3 is 2.24 bits per heavy atom. The number of carbonyl (C=O) groups excluding carboxylic acids is 3. The maximum Gasteiger partial charge on any atom is 0.329 e. The van der Waals surface area contributed by atoms with Crippen molar-refractivity contribution in [1.82, 2.24) is 10.6 Å². The normalized spacial score (nSPS) is 14.9. The van der Waals surface area contributed by atoms with E-state index in [0.717, 1.165) is 12.8 Å². The highest BCUT2D eigenvalue weighted by atomic mass is 16.5. The lowest BCUT2D eigenvalue weighted by Gasteiger charge is -2.20. The van der Waals surface area contributed by atoms with Gasteiger partial charge in [0.05, 0.1) is 0 Å². The number of esters is 1. The van der Waals surface area contributed by atoms with E-state index in [1.165, 1.54) is 6.92 Å². The zero-order valence-corrected chi connectivity index (χ0v) is 16.2. The Labute approximate surface area is 169 Å². The van der Waals surface area contributed by atoms with Gasteiger partial charge in [-0.1, -0.05) is 48.5 Å². The number of carbonyl (C=O) groups is 3. The van der Waals surface area contributed by atoms with Gasteiger partial charge < -0.3 is 20.1 Å². The first-order valence-corrected chi connectivity index (χ1v) is 9.56. The zero-order chi connectivity index (χ0) is 20.6. The Bertz CT molecular complexity index is 837. The summed E-state index contributed by atoms with van der Waals surface area (Å²) in [7, 11) is 0. The van der Waals surface area contributed by atoms with Crippen LogP contribution in [0.5, 0.6) is 5.75 Å². The average molecular weight is 396 g/mol. The molecule has 152 valence electrons. The maximum absolute atomic E-state index is 12.5. The summed E-state index contributed by atoms with van der Waals surface area (Å²) in [6.45, 7) is 1.27. The second-order valence-electron chi connectivity index (χ2n) is 6.90.